The summed E-state index contributed by atoms with van der Waals surface area (Å²) in [4.78, 5) is 0. The first-order valence-electron chi connectivity index (χ1n) is 12.3. The zero-order valence-electron chi connectivity index (χ0n) is 18.4. The van der Waals surface area contributed by atoms with Crippen molar-refractivity contribution >= 4 is 14.1 Å². The van der Waals surface area contributed by atoms with Crippen molar-refractivity contribution in [1.82, 2.24) is 0 Å². The van der Waals surface area contributed by atoms with Gasteiger partial charge in [-0.3, -0.25) is 0 Å². The highest BCUT2D eigenvalue weighted by molar-refractivity contribution is 6.58. The molecule has 0 fully saturated rings. The Morgan fingerprint density at radius 1 is 0.320 bits per heavy atom. The lowest BCUT2D eigenvalue weighted by Gasteiger charge is -2.12. The van der Waals surface area contributed by atoms with E-state index in [0.717, 1.165) is 0 Å². The van der Waals surface area contributed by atoms with Crippen molar-refractivity contribution in [3.8, 4) is 0 Å². The van der Waals surface area contributed by atoms with E-state index in [4.69, 9.17) is 0 Å². The second kappa shape index (κ2) is 22.6. The van der Waals surface area contributed by atoms with Crippen LogP contribution < -0.4 is 0 Å². The lowest BCUT2D eigenvalue weighted by Crippen LogP contribution is -2.12. The molecule has 0 rings (SSSR count). The van der Waals surface area contributed by atoms with Crippen LogP contribution in [0.2, 0.25) is 15.8 Å². The maximum absolute atomic E-state index is 2.32. The molecular formula is C24H51Al. The van der Waals surface area contributed by atoms with E-state index in [9.17, 15) is 0 Å². The third-order valence-corrected chi connectivity index (χ3v) is 9.57. The van der Waals surface area contributed by atoms with Crippen LogP contribution in [0.1, 0.15) is 136 Å². The van der Waals surface area contributed by atoms with Crippen LogP contribution in [-0.4, -0.2) is 14.1 Å². The molecule has 0 bridgehead atoms. The normalized spacial score (nSPS) is 11.2. The Morgan fingerprint density at radius 3 is 0.840 bits per heavy atom. The zero-order valence-corrected chi connectivity index (χ0v) is 19.6. The number of unbranched alkanes of at least 4 members (excludes halogenated alkanes) is 15. The van der Waals surface area contributed by atoms with Gasteiger partial charge in [0.05, 0.1) is 0 Å². The standard InChI is InChI=1S/3C8H17.Al/c3*1-3-5-7-8-6-4-2;/h3*1,3-8H2,2H3;/i;;;1-25. The van der Waals surface area contributed by atoms with E-state index >= 15 is 0 Å². The van der Waals surface area contributed by atoms with E-state index in [2.05, 4.69) is 20.8 Å². The third kappa shape index (κ3) is 20.7. The molecule has 0 aromatic rings. The van der Waals surface area contributed by atoms with E-state index in [-0.39, 0.29) is 0 Å². The van der Waals surface area contributed by atoms with Gasteiger partial charge < -0.3 is 0 Å². The fourth-order valence-corrected chi connectivity index (χ4v) is 7.54. The van der Waals surface area contributed by atoms with E-state index in [1.165, 1.54) is 96.3 Å². The lowest BCUT2D eigenvalue weighted by molar-refractivity contribution is 0.610. The second-order valence-corrected chi connectivity index (χ2v) is 12.0. The first-order chi connectivity index (χ1) is 12.3. The summed E-state index contributed by atoms with van der Waals surface area (Å²) in [5, 5.41) is 4.99. The maximum Gasteiger partial charge on any atom is 0.261 e. The molecule has 0 aliphatic rings. The van der Waals surface area contributed by atoms with Gasteiger partial charge in [-0.05, 0) is 0 Å². The van der Waals surface area contributed by atoms with Crippen LogP contribution in [0.4, 0.5) is 0 Å². The average Bonchev–Trinajstić information content (AvgIpc) is 2.63. The highest BCUT2D eigenvalue weighted by atomic mass is 13.9. The van der Waals surface area contributed by atoms with Gasteiger partial charge in [0.2, 0.25) is 0 Å². The molecule has 0 nitrogen and oxygen atoms in total. The quantitative estimate of drug-likeness (QED) is 0.144. The SMILES string of the molecule is CCCCCCC[CH2][2Al]([CH2]CCCCCCC)[CH2]CCCCCCC. The Morgan fingerprint density at radius 2 is 0.560 bits per heavy atom. The molecular weight excluding hydrogens is 290 g/mol. The Balaban J connectivity index is 3.76. The van der Waals surface area contributed by atoms with Gasteiger partial charge in [-0.15, -0.1) is 0 Å². The molecule has 0 aromatic heterocycles. The van der Waals surface area contributed by atoms with Crippen molar-refractivity contribution in [3.63, 3.8) is 0 Å². The van der Waals surface area contributed by atoms with Gasteiger partial charge in [-0.1, -0.05) is 152 Å². The molecule has 0 saturated carbocycles. The van der Waals surface area contributed by atoms with Crippen molar-refractivity contribution in [2.24, 2.45) is 0 Å². The summed E-state index contributed by atoms with van der Waals surface area (Å²) in [5.41, 5.74) is 0. The van der Waals surface area contributed by atoms with E-state index in [1.807, 2.05) is 0 Å². The Labute approximate surface area is 166 Å². The minimum atomic E-state index is -0.410. The fraction of sp³-hybridized carbons (Fsp3) is 1.00. The molecule has 25 heavy (non-hydrogen) atoms. The van der Waals surface area contributed by atoms with Crippen LogP contribution in [0, 0.1) is 0 Å². The molecule has 0 heterocycles. The predicted octanol–water partition coefficient (Wildman–Crippen LogP) is 9.56. The highest BCUT2D eigenvalue weighted by Crippen LogP contribution is 2.20. The summed E-state index contributed by atoms with van der Waals surface area (Å²) in [7, 11) is 0. The predicted molar refractivity (Wildman–Crippen MR) is 120 cm³/mol. The molecule has 0 aliphatic heterocycles. The molecule has 0 unspecified atom stereocenters. The van der Waals surface area contributed by atoms with Crippen LogP contribution in [-0.2, 0) is 0 Å². The second-order valence-electron chi connectivity index (χ2n) is 8.54. The van der Waals surface area contributed by atoms with Crippen molar-refractivity contribution in [2.45, 2.75) is 152 Å². The van der Waals surface area contributed by atoms with Gasteiger partial charge in [0.1, 0.15) is 0 Å². The summed E-state index contributed by atoms with van der Waals surface area (Å²) < 4.78 is 0. The average molecular weight is 342 g/mol. The van der Waals surface area contributed by atoms with E-state index < -0.39 is 14.1 Å². The summed E-state index contributed by atoms with van der Waals surface area (Å²) in [5.74, 6) is 0. The molecule has 0 aromatic carbocycles. The van der Waals surface area contributed by atoms with Gasteiger partial charge in [-0.25, -0.2) is 0 Å². The molecule has 0 spiro atoms. The van der Waals surface area contributed by atoms with Crippen LogP contribution in [0.25, 0.3) is 0 Å². The van der Waals surface area contributed by atoms with Crippen LogP contribution in [0.3, 0.4) is 0 Å². The van der Waals surface area contributed by atoms with Crippen LogP contribution in [0.5, 0.6) is 0 Å². The van der Waals surface area contributed by atoms with Crippen molar-refractivity contribution < 1.29 is 0 Å². The van der Waals surface area contributed by atoms with Gasteiger partial charge in [0.25, 0.3) is 14.1 Å². The van der Waals surface area contributed by atoms with Crippen LogP contribution in [0.15, 0.2) is 0 Å². The molecule has 0 aliphatic carbocycles. The highest BCUT2D eigenvalue weighted by Gasteiger charge is 2.15. The number of hydrogen-bond donors (Lipinski definition) is 0. The summed E-state index contributed by atoms with van der Waals surface area (Å²) in [6.45, 7) is 6.97. The Bertz CT molecular complexity index is 188. The molecule has 150 valence electrons. The topological polar surface area (TPSA) is 0 Å². The van der Waals surface area contributed by atoms with Crippen molar-refractivity contribution in [1.29, 1.82) is 0 Å². The van der Waals surface area contributed by atoms with Crippen molar-refractivity contribution in [3.05, 3.63) is 0 Å². The van der Waals surface area contributed by atoms with Gasteiger partial charge in [0, 0.05) is 0 Å². The van der Waals surface area contributed by atoms with Gasteiger partial charge >= 0.3 is 0 Å². The maximum atomic E-state index is 2.32. The Kier molecular flexibility index (Phi) is 23.1. The smallest absolute Gasteiger partial charge is 0.0939 e. The lowest BCUT2D eigenvalue weighted by atomic mass is 1.71. The summed E-state index contributed by atoms with van der Waals surface area (Å²) in [6, 6.07) is 0. The molecule has 1 heteroatoms. The zero-order chi connectivity index (χ0) is 18.4. The fourth-order valence-electron chi connectivity index (χ4n) is 4.07. The molecule has 0 amide bonds. The number of rotatable bonds is 21. The minimum Gasteiger partial charge on any atom is -0.0939 e. The molecule has 0 N–H and O–H groups in total. The third-order valence-electron chi connectivity index (χ3n) is 5.90. The van der Waals surface area contributed by atoms with Gasteiger partial charge in [-0.2, -0.15) is 0 Å². The van der Waals surface area contributed by atoms with E-state index in [0.29, 0.717) is 0 Å². The summed E-state index contributed by atoms with van der Waals surface area (Å²) in [6.07, 6.45) is 26.7. The Hall–Kier alpha value is 0.532. The first-order valence-corrected chi connectivity index (χ1v) is 14.8. The monoisotopic (exact) mass is 341 g/mol. The van der Waals surface area contributed by atoms with E-state index in [1.54, 1.807) is 35.1 Å². The van der Waals surface area contributed by atoms with Crippen LogP contribution >= 0.6 is 0 Å². The first kappa shape index (κ1) is 25.5. The largest absolute Gasteiger partial charge is 0.261 e. The molecule has 0 radical (unpaired) electrons. The summed E-state index contributed by atoms with van der Waals surface area (Å²) >= 11 is -0.410. The molecule has 0 atom stereocenters. The van der Waals surface area contributed by atoms with Crippen molar-refractivity contribution in [2.75, 3.05) is 0 Å². The van der Waals surface area contributed by atoms with Gasteiger partial charge in [0.15, 0.2) is 0 Å². The minimum absolute atomic E-state index is 0.410. The molecule has 0 saturated heterocycles. The number of hydrogen-bond acceptors (Lipinski definition) is 0.